The normalized spacial score (nSPS) is 41.5. The minimum Gasteiger partial charge on any atom is -0.314 e. The fourth-order valence-electron chi connectivity index (χ4n) is 5.24. The average Bonchev–Trinajstić information content (AvgIpc) is 2.76. The van der Waals surface area contributed by atoms with Gasteiger partial charge >= 0.3 is 0 Å². The van der Waals surface area contributed by atoms with Crippen LogP contribution in [0.4, 0.5) is 0 Å². The number of nitrogens with zero attached hydrogens (tertiary/aromatic N) is 1. The van der Waals surface area contributed by atoms with Gasteiger partial charge in [-0.2, -0.15) is 5.10 Å². The summed E-state index contributed by atoms with van der Waals surface area (Å²) in [6.45, 7) is 0.903. The molecule has 4 aliphatic carbocycles. The summed E-state index contributed by atoms with van der Waals surface area (Å²) in [6, 6.07) is 2.31. The molecule has 0 aliphatic heterocycles. The summed E-state index contributed by atoms with van der Waals surface area (Å²) in [5, 5.41) is 11.0. The maximum atomic E-state index is 4.62. The summed E-state index contributed by atoms with van der Waals surface area (Å²) < 4.78 is 0. The van der Waals surface area contributed by atoms with Gasteiger partial charge in [-0.1, -0.05) is 0 Å². The lowest BCUT2D eigenvalue weighted by molar-refractivity contribution is -0.00416. The van der Waals surface area contributed by atoms with Crippen molar-refractivity contribution in [2.75, 3.05) is 7.05 Å². The SMILES string of the molecule is CNCc1cc(C2C3CC4CC(C3)CC2C4)n[nH]1. The molecule has 0 amide bonds. The van der Waals surface area contributed by atoms with Crippen LogP contribution in [0.3, 0.4) is 0 Å². The van der Waals surface area contributed by atoms with Crippen molar-refractivity contribution in [1.82, 2.24) is 15.5 Å². The van der Waals surface area contributed by atoms with Crippen molar-refractivity contribution in [1.29, 1.82) is 0 Å². The second kappa shape index (κ2) is 4.09. The van der Waals surface area contributed by atoms with E-state index in [-0.39, 0.29) is 0 Å². The summed E-state index contributed by atoms with van der Waals surface area (Å²) in [5.74, 6) is 4.75. The highest BCUT2D eigenvalue weighted by Crippen LogP contribution is 2.59. The lowest BCUT2D eigenvalue weighted by atomic mass is 9.51. The Morgan fingerprint density at radius 3 is 2.44 bits per heavy atom. The Morgan fingerprint density at radius 1 is 1.17 bits per heavy atom. The summed E-state index contributed by atoms with van der Waals surface area (Å²) >= 11 is 0. The monoisotopic (exact) mass is 245 g/mol. The quantitative estimate of drug-likeness (QED) is 0.859. The molecule has 3 heteroatoms. The largest absolute Gasteiger partial charge is 0.314 e. The Kier molecular flexibility index (Phi) is 2.51. The zero-order valence-corrected chi connectivity index (χ0v) is 11.2. The zero-order valence-electron chi connectivity index (χ0n) is 11.2. The molecule has 1 heterocycles. The third-order valence-corrected chi connectivity index (χ3v) is 5.59. The Bertz CT molecular complexity index is 409. The highest BCUT2D eigenvalue weighted by atomic mass is 15.1. The molecule has 4 saturated carbocycles. The first kappa shape index (κ1) is 11.0. The van der Waals surface area contributed by atoms with Gasteiger partial charge in [0.15, 0.2) is 0 Å². The molecule has 4 aliphatic rings. The second-order valence-electron chi connectivity index (χ2n) is 6.80. The van der Waals surface area contributed by atoms with Crippen LogP contribution in [0, 0.1) is 23.7 Å². The van der Waals surface area contributed by atoms with Gasteiger partial charge in [0.2, 0.25) is 0 Å². The van der Waals surface area contributed by atoms with E-state index in [4.69, 9.17) is 0 Å². The minimum atomic E-state index is 0.764. The highest BCUT2D eigenvalue weighted by molar-refractivity contribution is 5.19. The molecule has 2 N–H and O–H groups in total. The van der Waals surface area contributed by atoms with E-state index in [1.54, 1.807) is 0 Å². The number of rotatable bonds is 3. The minimum absolute atomic E-state index is 0.764. The molecule has 4 bridgehead atoms. The maximum Gasteiger partial charge on any atom is 0.0661 e. The van der Waals surface area contributed by atoms with E-state index < -0.39 is 0 Å². The van der Waals surface area contributed by atoms with Crippen molar-refractivity contribution >= 4 is 0 Å². The van der Waals surface area contributed by atoms with Gasteiger partial charge in [-0.25, -0.2) is 0 Å². The molecule has 98 valence electrons. The van der Waals surface area contributed by atoms with Crippen LogP contribution < -0.4 is 5.32 Å². The number of hydrogen-bond acceptors (Lipinski definition) is 2. The van der Waals surface area contributed by atoms with Crippen LogP contribution in [0.2, 0.25) is 0 Å². The van der Waals surface area contributed by atoms with Crippen molar-refractivity contribution in [3.63, 3.8) is 0 Å². The number of aromatic nitrogens is 2. The van der Waals surface area contributed by atoms with Crippen molar-refractivity contribution in [3.05, 3.63) is 17.5 Å². The molecule has 1 aromatic rings. The van der Waals surface area contributed by atoms with Crippen molar-refractivity contribution in [3.8, 4) is 0 Å². The third-order valence-electron chi connectivity index (χ3n) is 5.59. The predicted octanol–water partition coefficient (Wildman–Crippen LogP) is 2.67. The Balaban J connectivity index is 1.60. The third kappa shape index (κ3) is 1.63. The molecular weight excluding hydrogens is 222 g/mol. The van der Waals surface area contributed by atoms with Crippen LogP contribution in [0.1, 0.15) is 49.4 Å². The highest BCUT2D eigenvalue weighted by Gasteiger charge is 2.49. The van der Waals surface area contributed by atoms with Crippen LogP contribution in [0.25, 0.3) is 0 Å². The Morgan fingerprint density at radius 2 is 1.83 bits per heavy atom. The van der Waals surface area contributed by atoms with Crippen LogP contribution in [-0.4, -0.2) is 17.2 Å². The molecule has 5 rings (SSSR count). The van der Waals surface area contributed by atoms with Gasteiger partial charge in [0, 0.05) is 18.2 Å². The first-order valence-corrected chi connectivity index (χ1v) is 7.52. The van der Waals surface area contributed by atoms with Crippen LogP contribution in [-0.2, 0) is 6.54 Å². The van der Waals surface area contributed by atoms with Crippen molar-refractivity contribution in [2.45, 2.75) is 44.6 Å². The molecule has 0 aromatic carbocycles. The van der Waals surface area contributed by atoms with Gasteiger partial charge in [-0.05, 0) is 68.9 Å². The van der Waals surface area contributed by atoms with E-state index in [2.05, 4.69) is 21.6 Å². The van der Waals surface area contributed by atoms with Crippen molar-refractivity contribution < 1.29 is 0 Å². The molecule has 3 nitrogen and oxygen atoms in total. The first-order valence-electron chi connectivity index (χ1n) is 7.52. The molecule has 4 fully saturated rings. The summed E-state index contributed by atoms with van der Waals surface area (Å²) in [6.07, 6.45) is 7.45. The Labute approximate surface area is 109 Å². The molecule has 0 saturated heterocycles. The van der Waals surface area contributed by atoms with E-state index in [1.165, 1.54) is 43.5 Å². The van der Waals surface area contributed by atoms with Crippen LogP contribution in [0.5, 0.6) is 0 Å². The molecule has 0 atom stereocenters. The lowest BCUT2D eigenvalue weighted by Gasteiger charge is -2.54. The fourth-order valence-corrected chi connectivity index (χ4v) is 5.24. The van der Waals surface area contributed by atoms with Gasteiger partial charge in [-0.3, -0.25) is 5.10 Å². The Hall–Kier alpha value is -0.830. The number of hydrogen-bond donors (Lipinski definition) is 2. The summed E-state index contributed by atoms with van der Waals surface area (Å²) in [5.41, 5.74) is 2.59. The van der Waals surface area contributed by atoms with Crippen molar-refractivity contribution in [2.24, 2.45) is 23.7 Å². The van der Waals surface area contributed by atoms with E-state index in [0.29, 0.717) is 0 Å². The first-order chi connectivity index (χ1) is 8.83. The number of aromatic amines is 1. The maximum absolute atomic E-state index is 4.62. The van der Waals surface area contributed by atoms with Gasteiger partial charge < -0.3 is 5.32 Å². The molecule has 0 spiro atoms. The summed E-state index contributed by atoms with van der Waals surface area (Å²) in [7, 11) is 1.99. The number of H-pyrrole nitrogens is 1. The van der Waals surface area contributed by atoms with E-state index >= 15 is 0 Å². The zero-order chi connectivity index (χ0) is 12.1. The predicted molar refractivity (Wildman–Crippen MR) is 71.1 cm³/mol. The fraction of sp³-hybridized carbons (Fsp3) is 0.800. The van der Waals surface area contributed by atoms with Gasteiger partial charge in [0.25, 0.3) is 0 Å². The average molecular weight is 245 g/mol. The van der Waals surface area contributed by atoms with Gasteiger partial charge in [-0.15, -0.1) is 0 Å². The van der Waals surface area contributed by atoms with Crippen LogP contribution >= 0.6 is 0 Å². The lowest BCUT2D eigenvalue weighted by Crippen LogP contribution is -2.43. The molecule has 1 aromatic heterocycles. The van der Waals surface area contributed by atoms with E-state index in [1.807, 2.05) is 7.05 Å². The standard InChI is InChI=1S/C15H23N3/c1-16-8-13-7-14(18-17-13)15-11-3-9-2-10(5-11)6-12(15)4-9/h7,9-12,15-16H,2-6,8H2,1H3,(H,17,18). The molecular formula is C15H23N3. The van der Waals surface area contributed by atoms with Crippen LogP contribution in [0.15, 0.2) is 6.07 Å². The molecule has 0 unspecified atom stereocenters. The van der Waals surface area contributed by atoms with Gasteiger partial charge in [0.05, 0.1) is 5.69 Å². The topological polar surface area (TPSA) is 40.7 Å². The molecule has 18 heavy (non-hydrogen) atoms. The number of nitrogens with one attached hydrogen (secondary N) is 2. The second-order valence-corrected chi connectivity index (χ2v) is 6.80. The summed E-state index contributed by atoms with van der Waals surface area (Å²) in [4.78, 5) is 0. The van der Waals surface area contributed by atoms with E-state index in [0.717, 1.165) is 36.1 Å². The van der Waals surface area contributed by atoms with Gasteiger partial charge in [0.1, 0.15) is 0 Å². The molecule has 0 radical (unpaired) electrons. The smallest absolute Gasteiger partial charge is 0.0661 e. The van der Waals surface area contributed by atoms with E-state index in [9.17, 15) is 0 Å².